The van der Waals surface area contributed by atoms with Crippen molar-refractivity contribution in [3.63, 3.8) is 0 Å². The number of methoxy groups -OCH3 is 1. The molecule has 0 unspecified atom stereocenters. The quantitative estimate of drug-likeness (QED) is 0.437. The minimum absolute atomic E-state index is 0.0278. The molecule has 0 saturated carbocycles. The Balaban J connectivity index is 1.71. The fraction of sp³-hybridized carbons (Fsp3) is 0.208. The SMILES string of the molecule is COc1ccc(CCNC(=O)CN(Cc2ccc(Cl)c(Cl)c2)S(=O)(=O)c2ccccc2)cc1. The summed E-state index contributed by atoms with van der Waals surface area (Å²) in [6.07, 6.45) is 0.605. The molecule has 0 aromatic heterocycles. The van der Waals surface area contributed by atoms with E-state index in [1.807, 2.05) is 24.3 Å². The van der Waals surface area contributed by atoms with Crippen LogP contribution in [-0.2, 0) is 27.8 Å². The van der Waals surface area contributed by atoms with Crippen LogP contribution in [0.4, 0.5) is 0 Å². The third-order valence-corrected chi connectivity index (χ3v) is 7.48. The number of ether oxygens (including phenoxy) is 1. The molecule has 3 aromatic rings. The lowest BCUT2D eigenvalue weighted by atomic mass is 10.1. The minimum Gasteiger partial charge on any atom is -0.497 e. The average Bonchev–Trinajstić information content (AvgIpc) is 2.82. The molecular weight excluding hydrogens is 483 g/mol. The van der Waals surface area contributed by atoms with E-state index in [2.05, 4.69) is 5.32 Å². The summed E-state index contributed by atoms with van der Waals surface area (Å²) in [6, 6.07) is 20.4. The molecule has 33 heavy (non-hydrogen) atoms. The Kier molecular flexibility index (Phi) is 8.74. The van der Waals surface area contributed by atoms with Crippen molar-refractivity contribution in [1.82, 2.24) is 9.62 Å². The van der Waals surface area contributed by atoms with Crippen molar-refractivity contribution in [2.45, 2.75) is 17.9 Å². The van der Waals surface area contributed by atoms with Crippen LogP contribution in [0.15, 0.2) is 77.7 Å². The van der Waals surface area contributed by atoms with Crippen molar-refractivity contribution >= 4 is 39.1 Å². The largest absolute Gasteiger partial charge is 0.497 e. The third-order valence-electron chi connectivity index (χ3n) is 4.94. The maximum absolute atomic E-state index is 13.3. The van der Waals surface area contributed by atoms with Crippen LogP contribution >= 0.6 is 23.2 Å². The molecule has 0 atom stereocenters. The summed E-state index contributed by atoms with van der Waals surface area (Å²) in [5.74, 6) is 0.356. The number of hydrogen-bond acceptors (Lipinski definition) is 4. The van der Waals surface area contributed by atoms with Gasteiger partial charge in [-0.1, -0.05) is 59.6 Å². The zero-order valence-electron chi connectivity index (χ0n) is 18.0. The van der Waals surface area contributed by atoms with Crippen molar-refractivity contribution in [3.05, 3.63) is 94.0 Å². The van der Waals surface area contributed by atoms with E-state index < -0.39 is 15.9 Å². The molecule has 1 amide bonds. The van der Waals surface area contributed by atoms with E-state index in [1.54, 1.807) is 43.5 Å². The number of nitrogens with one attached hydrogen (secondary N) is 1. The van der Waals surface area contributed by atoms with E-state index in [0.29, 0.717) is 28.6 Å². The van der Waals surface area contributed by atoms with Gasteiger partial charge in [-0.25, -0.2) is 8.42 Å². The van der Waals surface area contributed by atoms with Crippen LogP contribution in [0, 0.1) is 0 Å². The van der Waals surface area contributed by atoms with Crippen LogP contribution in [0.2, 0.25) is 10.0 Å². The summed E-state index contributed by atoms with van der Waals surface area (Å²) in [4.78, 5) is 12.8. The summed E-state index contributed by atoms with van der Waals surface area (Å²) in [7, 11) is -2.32. The molecule has 174 valence electrons. The maximum atomic E-state index is 13.3. The number of sulfonamides is 1. The molecule has 0 fully saturated rings. The van der Waals surface area contributed by atoms with Gasteiger partial charge in [-0.05, 0) is 53.9 Å². The number of halogens is 2. The van der Waals surface area contributed by atoms with Gasteiger partial charge in [-0.3, -0.25) is 4.79 Å². The van der Waals surface area contributed by atoms with Crippen LogP contribution in [0.25, 0.3) is 0 Å². The van der Waals surface area contributed by atoms with Crippen molar-refractivity contribution < 1.29 is 17.9 Å². The lowest BCUT2D eigenvalue weighted by molar-refractivity contribution is -0.121. The van der Waals surface area contributed by atoms with E-state index in [4.69, 9.17) is 27.9 Å². The monoisotopic (exact) mass is 506 g/mol. The Morgan fingerprint density at radius 1 is 0.939 bits per heavy atom. The Morgan fingerprint density at radius 3 is 2.24 bits per heavy atom. The van der Waals surface area contributed by atoms with Crippen LogP contribution in [0.1, 0.15) is 11.1 Å². The topological polar surface area (TPSA) is 75.7 Å². The zero-order valence-corrected chi connectivity index (χ0v) is 20.3. The first kappa shape index (κ1) is 25.1. The predicted molar refractivity (Wildman–Crippen MR) is 130 cm³/mol. The molecule has 1 N–H and O–H groups in total. The molecule has 0 saturated heterocycles. The van der Waals surface area contributed by atoms with Gasteiger partial charge in [0, 0.05) is 13.1 Å². The van der Waals surface area contributed by atoms with Gasteiger partial charge in [-0.2, -0.15) is 4.31 Å². The molecule has 6 nitrogen and oxygen atoms in total. The fourth-order valence-electron chi connectivity index (χ4n) is 3.16. The number of hydrogen-bond donors (Lipinski definition) is 1. The molecule has 0 radical (unpaired) electrons. The number of benzene rings is 3. The Hall–Kier alpha value is -2.58. The second-order valence-corrected chi connectivity index (χ2v) is 10.0. The second-order valence-electron chi connectivity index (χ2n) is 7.28. The van der Waals surface area contributed by atoms with Crippen LogP contribution < -0.4 is 10.1 Å². The van der Waals surface area contributed by atoms with Crippen LogP contribution in [0.5, 0.6) is 5.75 Å². The molecule has 0 spiro atoms. The first-order chi connectivity index (χ1) is 15.8. The second kappa shape index (κ2) is 11.5. The van der Waals surface area contributed by atoms with Gasteiger partial charge < -0.3 is 10.1 Å². The van der Waals surface area contributed by atoms with Crippen molar-refractivity contribution in [2.75, 3.05) is 20.2 Å². The van der Waals surface area contributed by atoms with Gasteiger partial charge in [0.05, 0.1) is 28.6 Å². The highest BCUT2D eigenvalue weighted by Gasteiger charge is 2.27. The number of carbonyl (C=O) groups is 1. The highest BCUT2D eigenvalue weighted by Crippen LogP contribution is 2.25. The standard InChI is InChI=1S/C24H24Cl2N2O4S/c1-32-20-10-7-18(8-11-20)13-14-27-24(29)17-28(16-19-9-12-22(25)23(26)15-19)33(30,31)21-5-3-2-4-6-21/h2-12,15H,13-14,16-17H2,1H3,(H,27,29). The van der Waals surface area contributed by atoms with Gasteiger partial charge in [-0.15, -0.1) is 0 Å². The lowest BCUT2D eigenvalue weighted by Crippen LogP contribution is -2.40. The summed E-state index contributed by atoms with van der Waals surface area (Å²) in [5, 5.41) is 3.48. The van der Waals surface area contributed by atoms with Gasteiger partial charge in [0.1, 0.15) is 5.75 Å². The highest BCUT2D eigenvalue weighted by atomic mass is 35.5. The molecule has 3 aromatic carbocycles. The van der Waals surface area contributed by atoms with E-state index in [0.717, 1.165) is 15.6 Å². The Bertz CT molecular complexity index is 1190. The van der Waals surface area contributed by atoms with Crippen LogP contribution in [0.3, 0.4) is 0 Å². The van der Waals surface area contributed by atoms with E-state index in [9.17, 15) is 13.2 Å². The van der Waals surface area contributed by atoms with Gasteiger partial charge >= 0.3 is 0 Å². The predicted octanol–water partition coefficient (Wildman–Crippen LogP) is 4.55. The van der Waals surface area contributed by atoms with Gasteiger partial charge in [0.25, 0.3) is 0 Å². The van der Waals surface area contributed by atoms with E-state index >= 15 is 0 Å². The molecule has 0 aliphatic rings. The van der Waals surface area contributed by atoms with E-state index in [-0.39, 0.29) is 18.0 Å². The number of carbonyl (C=O) groups excluding carboxylic acids is 1. The summed E-state index contributed by atoms with van der Waals surface area (Å²) in [5.41, 5.74) is 1.65. The number of nitrogens with zero attached hydrogens (tertiary/aromatic N) is 1. The normalized spacial score (nSPS) is 11.4. The molecule has 0 bridgehead atoms. The first-order valence-corrected chi connectivity index (χ1v) is 12.4. The molecule has 3 rings (SSSR count). The Morgan fingerprint density at radius 2 is 1.61 bits per heavy atom. The number of amides is 1. The van der Waals surface area contributed by atoms with Crippen LogP contribution in [-0.4, -0.2) is 38.8 Å². The lowest BCUT2D eigenvalue weighted by Gasteiger charge is -2.22. The molecule has 9 heteroatoms. The smallest absolute Gasteiger partial charge is 0.243 e. The summed E-state index contributed by atoms with van der Waals surface area (Å²) in [6.45, 7) is 0.0112. The number of rotatable bonds is 10. The van der Waals surface area contributed by atoms with E-state index in [1.165, 1.54) is 12.1 Å². The van der Waals surface area contributed by atoms with Gasteiger partial charge in [0.15, 0.2) is 0 Å². The molecule has 0 aliphatic carbocycles. The fourth-order valence-corrected chi connectivity index (χ4v) is 4.89. The van der Waals surface area contributed by atoms with Crippen molar-refractivity contribution in [2.24, 2.45) is 0 Å². The maximum Gasteiger partial charge on any atom is 0.243 e. The molecule has 0 aliphatic heterocycles. The van der Waals surface area contributed by atoms with Gasteiger partial charge in [0.2, 0.25) is 15.9 Å². The van der Waals surface area contributed by atoms with Crippen molar-refractivity contribution in [1.29, 1.82) is 0 Å². The summed E-state index contributed by atoms with van der Waals surface area (Å²) >= 11 is 12.1. The molecular formula is C24H24Cl2N2O4S. The van der Waals surface area contributed by atoms with Crippen molar-refractivity contribution in [3.8, 4) is 5.75 Å². The first-order valence-electron chi connectivity index (χ1n) is 10.2. The minimum atomic E-state index is -3.92. The average molecular weight is 507 g/mol. The zero-order chi connectivity index (χ0) is 23.8. The summed E-state index contributed by atoms with van der Waals surface area (Å²) < 4.78 is 32.8. The molecule has 0 heterocycles. The Labute approximate surface area is 204 Å². The highest BCUT2D eigenvalue weighted by molar-refractivity contribution is 7.89. The third kappa shape index (κ3) is 6.95.